The molecule has 1 aliphatic rings. The van der Waals surface area contributed by atoms with Crippen molar-refractivity contribution in [2.24, 2.45) is 5.92 Å². The summed E-state index contributed by atoms with van der Waals surface area (Å²) in [6.07, 6.45) is 6.45. The molecule has 0 spiro atoms. The standard InChI is InChI=1S/C13H25NO2/c1-10(11-8-6-5-7-9-11)14(4)13(2,3)12(15)16/h10-11H,5-9H2,1-4H3,(H,15,16). The molecular weight excluding hydrogens is 202 g/mol. The monoisotopic (exact) mass is 227 g/mol. The van der Waals surface area contributed by atoms with E-state index in [2.05, 4.69) is 6.92 Å². The summed E-state index contributed by atoms with van der Waals surface area (Å²) < 4.78 is 0. The molecule has 3 heteroatoms. The van der Waals surface area contributed by atoms with E-state index in [1.807, 2.05) is 11.9 Å². The zero-order valence-electron chi connectivity index (χ0n) is 11.0. The van der Waals surface area contributed by atoms with E-state index in [-0.39, 0.29) is 0 Å². The lowest BCUT2D eigenvalue weighted by atomic mass is 9.82. The molecular formula is C13H25NO2. The van der Waals surface area contributed by atoms with Crippen LogP contribution in [0.3, 0.4) is 0 Å². The summed E-state index contributed by atoms with van der Waals surface area (Å²) >= 11 is 0. The highest BCUT2D eigenvalue weighted by Crippen LogP contribution is 2.31. The van der Waals surface area contributed by atoms with Crippen molar-refractivity contribution >= 4 is 5.97 Å². The Bertz CT molecular complexity index is 244. The fourth-order valence-corrected chi connectivity index (χ4v) is 2.59. The quantitative estimate of drug-likeness (QED) is 0.803. The third-order valence-corrected chi connectivity index (χ3v) is 4.35. The fraction of sp³-hybridized carbons (Fsp3) is 0.923. The normalized spacial score (nSPS) is 21.1. The van der Waals surface area contributed by atoms with Crippen LogP contribution in [0.5, 0.6) is 0 Å². The Morgan fingerprint density at radius 3 is 2.25 bits per heavy atom. The van der Waals surface area contributed by atoms with Gasteiger partial charge in [-0.3, -0.25) is 9.69 Å². The van der Waals surface area contributed by atoms with E-state index in [0.29, 0.717) is 12.0 Å². The van der Waals surface area contributed by atoms with Crippen LogP contribution < -0.4 is 0 Å². The van der Waals surface area contributed by atoms with Gasteiger partial charge in [-0.15, -0.1) is 0 Å². The van der Waals surface area contributed by atoms with E-state index >= 15 is 0 Å². The first-order chi connectivity index (χ1) is 7.37. The molecule has 0 radical (unpaired) electrons. The summed E-state index contributed by atoms with van der Waals surface area (Å²) in [6.45, 7) is 5.74. The van der Waals surface area contributed by atoms with Gasteiger partial charge in [-0.05, 0) is 46.6 Å². The summed E-state index contributed by atoms with van der Waals surface area (Å²) in [5, 5.41) is 9.22. The van der Waals surface area contributed by atoms with Gasteiger partial charge in [-0.25, -0.2) is 0 Å². The van der Waals surface area contributed by atoms with Crippen molar-refractivity contribution in [3.63, 3.8) is 0 Å². The molecule has 1 saturated carbocycles. The molecule has 0 amide bonds. The predicted molar refractivity (Wildman–Crippen MR) is 65.5 cm³/mol. The minimum Gasteiger partial charge on any atom is -0.480 e. The zero-order valence-corrected chi connectivity index (χ0v) is 11.0. The third kappa shape index (κ3) is 2.76. The number of carboxylic acid groups (broad SMARTS) is 1. The molecule has 1 unspecified atom stereocenters. The summed E-state index contributed by atoms with van der Waals surface area (Å²) in [5.74, 6) is -0.0740. The Hall–Kier alpha value is -0.570. The molecule has 1 N–H and O–H groups in total. The topological polar surface area (TPSA) is 40.5 Å². The van der Waals surface area contributed by atoms with Gasteiger partial charge in [-0.2, -0.15) is 0 Å². The number of carboxylic acids is 1. The molecule has 0 heterocycles. The van der Waals surface area contributed by atoms with Crippen molar-refractivity contribution in [3.05, 3.63) is 0 Å². The Balaban J connectivity index is 2.64. The maximum absolute atomic E-state index is 11.2. The molecule has 1 rings (SSSR count). The largest absolute Gasteiger partial charge is 0.480 e. The van der Waals surface area contributed by atoms with Crippen LogP contribution in [0.25, 0.3) is 0 Å². The van der Waals surface area contributed by atoms with Crippen LogP contribution in [0.15, 0.2) is 0 Å². The molecule has 0 aromatic rings. The van der Waals surface area contributed by atoms with Crippen molar-refractivity contribution in [1.29, 1.82) is 0 Å². The third-order valence-electron chi connectivity index (χ3n) is 4.35. The van der Waals surface area contributed by atoms with Crippen molar-refractivity contribution in [1.82, 2.24) is 4.90 Å². The number of likely N-dealkylation sites (N-methyl/N-ethyl adjacent to an activating group) is 1. The van der Waals surface area contributed by atoms with Gasteiger partial charge in [0.05, 0.1) is 0 Å². The van der Waals surface area contributed by atoms with Crippen LogP contribution in [0.2, 0.25) is 0 Å². The highest BCUT2D eigenvalue weighted by atomic mass is 16.4. The highest BCUT2D eigenvalue weighted by molar-refractivity contribution is 5.77. The van der Waals surface area contributed by atoms with E-state index in [1.165, 1.54) is 32.1 Å². The summed E-state index contributed by atoms with van der Waals surface area (Å²) in [7, 11) is 1.94. The second kappa shape index (κ2) is 5.17. The number of rotatable bonds is 4. The van der Waals surface area contributed by atoms with Crippen LogP contribution >= 0.6 is 0 Å². The first kappa shape index (κ1) is 13.5. The van der Waals surface area contributed by atoms with E-state index in [4.69, 9.17) is 0 Å². The van der Waals surface area contributed by atoms with Gasteiger partial charge in [-0.1, -0.05) is 19.3 Å². The molecule has 94 valence electrons. The first-order valence-corrected chi connectivity index (χ1v) is 6.33. The minimum absolute atomic E-state index is 0.353. The maximum atomic E-state index is 11.2. The molecule has 0 aromatic carbocycles. The number of carbonyl (C=O) groups is 1. The number of hydrogen-bond donors (Lipinski definition) is 1. The van der Waals surface area contributed by atoms with Crippen LogP contribution in [0.1, 0.15) is 52.9 Å². The number of hydrogen-bond acceptors (Lipinski definition) is 2. The minimum atomic E-state index is -0.767. The SMILES string of the molecule is CC(C1CCCCC1)N(C)C(C)(C)C(=O)O. The van der Waals surface area contributed by atoms with Gasteiger partial charge < -0.3 is 5.11 Å². The van der Waals surface area contributed by atoms with Gasteiger partial charge in [0.25, 0.3) is 0 Å². The zero-order chi connectivity index (χ0) is 12.3. The number of aliphatic carboxylic acids is 1. The maximum Gasteiger partial charge on any atom is 0.323 e. The molecule has 0 aliphatic heterocycles. The molecule has 1 fully saturated rings. The Labute approximate surface area is 98.8 Å². The van der Waals surface area contributed by atoms with Gasteiger partial charge >= 0.3 is 5.97 Å². The van der Waals surface area contributed by atoms with Gasteiger partial charge in [0, 0.05) is 6.04 Å². The van der Waals surface area contributed by atoms with Crippen molar-refractivity contribution in [2.75, 3.05) is 7.05 Å². The Morgan fingerprint density at radius 2 is 1.81 bits per heavy atom. The van der Waals surface area contributed by atoms with Crippen LogP contribution in [0.4, 0.5) is 0 Å². The predicted octanol–water partition coefficient (Wildman–Crippen LogP) is 2.75. The highest BCUT2D eigenvalue weighted by Gasteiger charge is 2.37. The van der Waals surface area contributed by atoms with E-state index in [9.17, 15) is 9.90 Å². The second-order valence-corrected chi connectivity index (χ2v) is 5.61. The smallest absolute Gasteiger partial charge is 0.323 e. The Kier molecular flexibility index (Phi) is 4.36. The lowest BCUT2D eigenvalue weighted by Gasteiger charge is -2.41. The molecule has 0 saturated heterocycles. The van der Waals surface area contributed by atoms with Crippen molar-refractivity contribution in [3.8, 4) is 0 Å². The molecule has 1 aliphatic carbocycles. The van der Waals surface area contributed by atoms with Gasteiger partial charge in [0.2, 0.25) is 0 Å². The van der Waals surface area contributed by atoms with Crippen molar-refractivity contribution in [2.45, 2.75) is 64.5 Å². The number of nitrogens with zero attached hydrogens (tertiary/aromatic N) is 1. The lowest BCUT2D eigenvalue weighted by molar-refractivity contribution is -0.150. The van der Waals surface area contributed by atoms with Crippen LogP contribution in [-0.4, -0.2) is 34.6 Å². The lowest BCUT2D eigenvalue weighted by Crippen LogP contribution is -2.53. The summed E-state index contributed by atoms with van der Waals surface area (Å²) in [6, 6.07) is 0.353. The second-order valence-electron chi connectivity index (χ2n) is 5.61. The molecule has 16 heavy (non-hydrogen) atoms. The summed E-state index contributed by atoms with van der Waals surface area (Å²) in [4.78, 5) is 13.2. The molecule has 1 atom stereocenters. The van der Waals surface area contributed by atoms with Gasteiger partial charge in [0.15, 0.2) is 0 Å². The van der Waals surface area contributed by atoms with E-state index < -0.39 is 11.5 Å². The molecule has 0 aromatic heterocycles. The van der Waals surface area contributed by atoms with Crippen LogP contribution in [0, 0.1) is 5.92 Å². The fourth-order valence-electron chi connectivity index (χ4n) is 2.59. The molecule has 3 nitrogen and oxygen atoms in total. The Morgan fingerprint density at radius 1 is 1.31 bits per heavy atom. The van der Waals surface area contributed by atoms with E-state index in [1.54, 1.807) is 13.8 Å². The first-order valence-electron chi connectivity index (χ1n) is 6.33. The molecule has 0 bridgehead atoms. The average Bonchev–Trinajstić information content (AvgIpc) is 2.28. The van der Waals surface area contributed by atoms with Gasteiger partial charge in [0.1, 0.15) is 5.54 Å². The van der Waals surface area contributed by atoms with E-state index in [0.717, 1.165) is 0 Å². The van der Waals surface area contributed by atoms with Crippen LogP contribution in [-0.2, 0) is 4.79 Å². The average molecular weight is 227 g/mol. The van der Waals surface area contributed by atoms with Crippen molar-refractivity contribution < 1.29 is 9.90 Å². The summed E-state index contributed by atoms with van der Waals surface area (Å²) in [5.41, 5.74) is -0.767.